The van der Waals surface area contributed by atoms with Gasteiger partial charge in [0.15, 0.2) is 0 Å². The summed E-state index contributed by atoms with van der Waals surface area (Å²) in [5.41, 5.74) is 2.10. The van der Waals surface area contributed by atoms with Crippen LogP contribution in [-0.2, 0) is 0 Å². The molecule has 0 spiro atoms. The van der Waals surface area contributed by atoms with Crippen molar-refractivity contribution in [3.05, 3.63) is 47.1 Å². The predicted molar refractivity (Wildman–Crippen MR) is 70.3 cm³/mol. The third-order valence-electron chi connectivity index (χ3n) is 2.42. The van der Waals surface area contributed by atoms with E-state index in [4.69, 9.17) is 16.3 Å². The number of methoxy groups -OCH3 is 1. The number of benzene rings is 1. The molecule has 88 valence electrons. The molecule has 0 aliphatic rings. The topological polar surface area (TPSA) is 34.1 Å². The molecular formula is C13H13ClN2O. The van der Waals surface area contributed by atoms with Crippen molar-refractivity contribution < 1.29 is 4.74 Å². The van der Waals surface area contributed by atoms with Gasteiger partial charge in [-0.25, -0.2) is 4.98 Å². The maximum Gasteiger partial charge on any atom is 0.130 e. The maximum absolute atomic E-state index is 5.78. The van der Waals surface area contributed by atoms with Gasteiger partial charge in [-0.3, -0.25) is 0 Å². The molecule has 1 N–H and O–H groups in total. The maximum atomic E-state index is 5.78. The van der Waals surface area contributed by atoms with Gasteiger partial charge < -0.3 is 10.1 Å². The lowest BCUT2D eigenvalue weighted by Crippen LogP contribution is -1.95. The van der Waals surface area contributed by atoms with Crippen LogP contribution in [0.2, 0.25) is 5.02 Å². The number of anilines is 2. The smallest absolute Gasteiger partial charge is 0.130 e. The highest BCUT2D eigenvalue weighted by Gasteiger charge is 2.01. The van der Waals surface area contributed by atoms with Gasteiger partial charge in [-0.2, -0.15) is 0 Å². The second-order valence-corrected chi connectivity index (χ2v) is 4.10. The van der Waals surface area contributed by atoms with E-state index in [2.05, 4.69) is 10.3 Å². The standard InChI is InChI=1S/C13H13ClN2O/c1-9-7-11(17-2)4-5-12(9)16-13-6-3-10(14)8-15-13/h3-8H,1-2H3,(H,15,16). The van der Waals surface area contributed by atoms with Crippen molar-refractivity contribution in [2.45, 2.75) is 6.92 Å². The molecule has 1 aromatic carbocycles. The fraction of sp³-hybridized carbons (Fsp3) is 0.154. The van der Waals surface area contributed by atoms with Crippen LogP contribution in [0, 0.1) is 6.92 Å². The Bertz CT molecular complexity index is 511. The zero-order chi connectivity index (χ0) is 12.3. The number of nitrogens with one attached hydrogen (secondary N) is 1. The molecule has 0 unspecified atom stereocenters. The van der Waals surface area contributed by atoms with Crippen molar-refractivity contribution in [3.8, 4) is 5.75 Å². The summed E-state index contributed by atoms with van der Waals surface area (Å²) in [4.78, 5) is 4.18. The fourth-order valence-electron chi connectivity index (χ4n) is 1.49. The number of hydrogen-bond donors (Lipinski definition) is 1. The minimum atomic E-state index is 0.627. The summed E-state index contributed by atoms with van der Waals surface area (Å²) >= 11 is 5.78. The molecule has 0 bridgehead atoms. The van der Waals surface area contributed by atoms with E-state index in [1.807, 2.05) is 31.2 Å². The molecule has 0 aliphatic carbocycles. The van der Waals surface area contributed by atoms with Crippen LogP contribution in [0.15, 0.2) is 36.5 Å². The quantitative estimate of drug-likeness (QED) is 0.897. The number of rotatable bonds is 3. The summed E-state index contributed by atoms with van der Waals surface area (Å²) in [6.07, 6.45) is 1.61. The van der Waals surface area contributed by atoms with E-state index in [9.17, 15) is 0 Å². The van der Waals surface area contributed by atoms with Crippen LogP contribution in [0.4, 0.5) is 11.5 Å². The minimum absolute atomic E-state index is 0.627. The second kappa shape index (κ2) is 5.06. The molecular weight excluding hydrogens is 236 g/mol. The van der Waals surface area contributed by atoms with Crippen LogP contribution >= 0.6 is 11.6 Å². The molecule has 17 heavy (non-hydrogen) atoms. The van der Waals surface area contributed by atoms with Crippen molar-refractivity contribution in [2.75, 3.05) is 12.4 Å². The molecule has 4 heteroatoms. The van der Waals surface area contributed by atoms with Crippen molar-refractivity contribution in [1.29, 1.82) is 0 Å². The highest BCUT2D eigenvalue weighted by Crippen LogP contribution is 2.24. The summed E-state index contributed by atoms with van der Waals surface area (Å²) in [5, 5.41) is 3.85. The van der Waals surface area contributed by atoms with E-state index in [-0.39, 0.29) is 0 Å². The Hall–Kier alpha value is -1.74. The Morgan fingerprint density at radius 2 is 2.06 bits per heavy atom. The zero-order valence-electron chi connectivity index (χ0n) is 9.70. The average Bonchev–Trinajstić information content (AvgIpc) is 2.34. The first-order chi connectivity index (χ1) is 8.19. The molecule has 0 amide bonds. The van der Waals surface area contributed by atoms with Gasteiger partial charge >= 0.3 is 0 Å². The van der Waals surface area contributed by atoms with Crippen LogP contribution in [-0.4, -0.2) is 12.1 Å². The normalized spacial score (nSPS) is 10.1. The van der Waals surface area contributed by atoms with Gasteiger partial charge in [0.25, 0.3) is 0 Å². The summed E-state index contributed by atoms with van der Waals surface area (Å²) in [7, 11) is 1.66. The SMILES string of the molecule is COc1ccc(Nc2ccc(Cl)cn2)c(C)c1. The average molecular weight is 249 g/mol. The number of pyridine rings is 1. The lowest BCUT2D eigenvalue weighted by molar-refractivity contribution is 0.414. The number of ether oxygens (including phenoxy) is 1. The highest BCUT2D eigenvalue weighted by molar-refractivity contribution is 6.30. The number of halogens is 1. The van der Waals surface area contributed by atoms with Crippen LogP contribution in [0.5, 0.6) is 5.75 Å². The fourth-order valence-corrected chi connectivity index (χ4v) is 1.60. The lowest BCUT2D eigenvalue weighted by Gasteiger charge is -2.10. The van der Waals surface area contributed by atoms with Crippen molar-refractivity contribution >= 4 is 23.1 Å². The Labute approximate surface area is 105 Å². The molecule has 2 rings (SSSR count). The van der Waals surface area contributed by atoms with E-state index in [1.165, 1.54) is 0 Å². The molecule has 0 saturated carbocycles. The van der Waals surface area contributed by atoms with Gasteiger partial charge in [0.1, 0.15) is 11.6 Å². The molecule has 0 atom stereocenters. The monoisotopic (exact) mass is 248 g/mol. The van der Waals surface area contributed by atoms with Gasteiger partial charge in [0, 0.05) is 11.9 Å². The van der Waals surface area contributed by atoms with Crippen molar-refractivity contribution in [1.82, 2.24) is 4.98 Å². The Morgan fingerprint density at radius 3 is 2.65 bits per heavy atom. The highest BCUT2D eigenvalue weighted by atomic mass is 35.5. The Kier molecular flexibility index (Phi) is 3.49. The Morgan fingerprint density at radius 1 is 1.24 bits per heavy atom. The third kappa shape index (κ3) is 2.88. The number of aromatic nitrogens is 1. The summed E-state index contributed by atoms with van der Waals surface area (Å²) < 4.78 is 5.16. The zero-order valence-corrected chi connectivity index (χ0v) is 10.5. The molecule has 2 aromatic rings. The van der Waals surface area contributed by atoms with E-state index in [1.54, 1.807) is 19.4 Å². The van der Waals surface area contributed by atoms with Crippen LogP contribution < -0.4 is 10.1 Å². The molecule has 0 saturated heterocycles. The van der Waals surface area contributed by atoms with E-state index < -0.39 is 0 Å². The number of aryl methyl sites for hydroxylation is 1. The van der Waals surface area contributed by atoms with E-state index >= 15 is 0 Å². The van der Waals surface area contributed by atoms with Crippen LogP contribution in [0.1, 0.15) is 5.56 Å². The molecule has 0 fully saturated rings. The van der Waals surface area contributed by atoms with Gasteiger partial charge in [0.05, 0.1) is 12.1 Å². The van der Waals surface area contributed by atoms with E-state index in [0.717, 1.165) is 22.8 Å². The summed E-state index contributed by atoms with van der Waals surface area (Å²) in [6, 6.07) is 9.48. The minimum Gasteiger partial charge on any atom is -0.497 e. The van der Waals surface area contributed by atoms with Crippen LogP contribution in [0.25, 0.3) is 0 Å². The lowest BCUT2D eigenvalue weighted by atomic mass is 10.2. The third-order valence-corrected chi connectivity index (χ3v) is 2.65. The predicted octanol–water partition coefficient (Wildman–Crippen LogP) is 3.80. The molecule has 0 radical (unpaired) electrons. The van der Waals surface area contributed by atoms with Gasteiger partial charge in [-0.15, -0.1) is 0 Å². The molecule has 1 aromatic heterocycles. The van der Waals surface area contributed by atoms with Gasteiger partial charge in [-0.1, -0.05) is 11.6 Å². The first-order valence-electron chi connectivity index (χ1n) is 5.22. The first-order valence-corrected chi connectivity index (χ1v) is 5.60. The van der Waals surface area contributed by atoms with Crippen LogP contribution in [0.3, 0.4) is 0 Å². The molecule has 0 aliphatic heterocycles. The largest absolute Gasteiger partial charge is 0.497 e. The van der Waals surface area contributed by atoms with Gasteiger partial charge in [0.2, 0.25) is 0 Å². The molecule has 3 nitrogen and oxygen atoms in total. The number of nitrogens with zero attached hydrogens (tertiary/aromatic N) is 1. The first kappa shape index (κ1) is 11.7. The summed E-state index contributed by atoms with van der Waals surface area (Å²) in [6.45, 7) is 2.01. The second-order valence-electron chi connectivity index (χ2n) is 3.67. The van der Waals surface area contributed by atoms with E-state index in [0.29, 0.717) is 5.02 Å². The summed E-state index contributed by atoms with van der Waals surface area (Å²) in [5.74, 6) is 1.61. The molecule has 1 heterocycles. The Balaban J connectivity index is 2.21. The van der Waals surface area contributed by atoms with Crippen molar-refractivity contribution in [3.63, 3.8) is 0 Å². The van der Waals surface area contributed by atoms with Gasteiger partial charge in [-0.05, 0) is 42.8 Å². The number of hydrogen-bond acceptors (Lipinski definition) is 3. The van der Waals surface area contributed by atoms with Crippen molar-refractivity contribution in [2.24, 2.45) is 0 Å².